The van der Waals surface area contributed by atoms with Gasteiger partial charge in [0.15, 0.2) is 0 Å². The molecule has 1 heterocycles. The molecule has 0 aromatic carbocycles. The van der Waals surface area contributed by atoms with Crippen molar-refractivity contribution in [3.05, 3.63) is 11.9 Å². The van der Waals surface area contributed by atoms with Crippen molar-refractivity contribution in [3.63, 3.8) is 0 Å². The first kappa shape index (κ1) is 14.7. The van der Waals surface area contributed by atoms with Crippen LogP contribution in [0.15, 0.2) is 6.07 Å². The van der Waals surface area contributed by atoms with E-state index in [1.807, 2.05) is 6.07 Å². The topological polar surface area (TPSA) is 75.9 Å². The van der Waals surface area contributed by atoms with Crippen LogP contribution >= 0.6 is 0 Å². The lowest BCUT2D eigenvalue weighted by molar-refractivity contribution is 0.545. The van der Waals surface area contributed by atoms with E-state index in [9.17, 15) is 0 Å². The second-order valence-corrected chi connectivity index (χ2v) is 5.69. The minimum absolute atomic E-state index is 0.0999. The number of hydrogen-bond donors (Lipinski definition) is 3. The van der Waals surface area contributed by atoms with Crippen molar-refractivity contribution in [2.75, 3.05) is 10.7 Å². The van der Waals surface area contributed by atoms with E-state index in [1.165, 1.54) is 0 Å². The molecule has 0 bridgehead atoms. The van der Waals surface area contributed by atoms with Crippen LogP contribution in [0.3, 0.4) is 0 Å². The van der Waals surface area contributed by atoms with Crippen molar-refractivity contribution in [1.82, 2.24) is 9.97 Å². The van der Waals surface area contributed by atoms with Crippen LogP contribution in [0.2, 0.25) is 0 Å². The van der Waals surface area contributed by atoms with E-state index in [-0.39, 0.29) is 5.41 Å². The Hall–Kier alpha value is -1.36. The van der Waals surface area contributed by atoms with Gasteiger partial charge in [0, 0.05) is 17.5 Å². The van der Waals surface area contributed by atoms with Gasteiger partial charge >= 0.3 is 0 Å². The Labute approximate surface area is 110 Å². The maximum absolute atomic E-state index is 5.45. The highest BCUT2D eigenvalue weighted by Crippen LogP contribution is 2.22. The number of nitrogens with zero attached hydrogens (tertiary/aromatic N) is 2. The molecule has 0 saturated carbocycles. The Kier molecular flexibility index (Phi) is 4.90. The summed E-state index contributed by atoms with van der Waals surface area (Å²) in [6.45, 7) is 10.6. The molecule has 1 aromatic rings. The second-order valence-electron chi connectivity index (χ2n) is 5.69. The van der Waals surface area contributed by atoms with Crippen molar-refractivity contribution < 1.29 is 0 Å². The summed E-state index contributed by atoms with van der Waals surface area (Å²) in [4.78, 5) is 8.95. The summed E-state index contributed by atoms with van der Waals surface area (Å²) >= 11 is 0. The number of nitrogens with one attached hydrogen (secondary N) is 2. The van der Waals surface area contributed by atoms with Gasteiger partial charge in [-0.25, -0.2) is 15.8 Å². The summed E-state index contributed by atoms with van der Waals surface area (Å²) in [6, 6.07) is 2.23. The Bertz CT molecular complexity index is 383. The fourth-order valence-electron chi connectivity index (χ4n) is 1.69. The van der Waals surface area contributed by atoms with E-state index in [1.54, 1.807) is 0 Å². The summed E-state index contributed by atoms with van der Waals surface area (Å²) in [6.07, 6.45) is 2.26. The van der Waals surface area contributed by atoms with Gasteiger partial charge in [0.2, 0.25) is 0 Å². The maximum Gasteiger partial charge on any atom is 0.145 e. The van der Waals surface area contributed by atoms with Crippen LogP contribution in [0.1, 0.15) is 53.3 Å². The van der Waals surface area contributed by atoms with Crippen LogP contribution in [0, 0.1) is 0 Å². The van der Waals surface area contributed by atoms with Gasteiger partial charge in [0.05, 0.1) is 0 Å². The first-order valence-corrected chi connectivity index (χ1v) is 6.49. The van der Waals surface area contributed by atoms with Gasteiger partial charge in [0.25, 0.3) is 0 Å². The zero-order valence-corrected chi connectivity index (χ0v) is 12.0. The predicted octanol–water partition coefficient (Wildman–Crippen LogP) is 2.66. The van der Waals surface area contributed by atoms with E-state index in [0.717, 1.165) is 24.5 Å². The largest absolute Gasteiger partial charge is 0.367 e. The van der Waals surface area contributed by atoms with Gasteiger partial charge in [-0.05, 0) is 13.3 Å². The minimum atomic E-state index is -0.0999. The lowest BCUT2D eigenvalue weighted by Gasteiger charge is -2.20. The SMILES string of the molecule is CCCC(C)Nc1cc(NN)nc(C(C)(C)C)n1. The number of hydrazine groups is 1. The smallest absolute Gasteiger partial charge is 0.145 e. The molecule has 1 unspecified atom stereocenters. The molecule has 0 radical (unpaired) electrons. The summed E-state index contributed by atoms with van der Waals surface area (Å²) in [5.41, 5.74) is 2.49. The Morgan fingerprint density at radius 3 is 2.39 bits per heavy atom. The Morgan fingerprint density at radius 2 is 1.89 bits per heavy atom. The first-order chi connectivity index (χ1) is 8.36. The van der Waals surface area contributed by atoms with Gasteiger partial charge in [-0.1, -0.05) is 34.1 Å². The van der Waals surface area contributed by atoms with Gasteiger partial charge in [-0.15, -0.1) is 0 Å². The Morgan fingerprint density at radius 1 is 1.28 bits per heavy atom. The zero-order chi connectivity index (χ0) is 13.8. The molecular weight excluding hydrogens is 226 g/mol. The zero-order valence-electron chi connectivity index (χ0n) is 12.0. The molecule has 0 aliphatic carbocycles. The predicted molar refractivity (Wildman–Crippen MR) is 76.5 cm³/mol. The van der Waals surface area contributed by atoms with Crippen molar-refractivity contribution >= 4 is 11.6 Å². The molecule has 5 heteroatoms. The highest BCUT2D eigenvalue weighted by atomic mass is 15.3. The average molecular weight is 251 g/mol. The third-order valence-corrected chi connectivity index (χ3v) is 2.66. The van der Waals surface area contributed by atoms with Crippen molar-refractivity contribution in [3.8, 4) is 0 Å². The van der Waals surface area contributed by atoms with Gasteiger partial charge in [0.1, 0.15) is 17.5 Å². The van der Waals surface area contributed by atoms with Crippen LogP contribution in [0.4, 0.5) is 11.6 Å². The van der Waals surface area contributed by atoms with Gasteiger partial charge in [-0.3, -0.25) is 0 Å². The summed E-state index contributed by atoms with van der Waals surface area (Å²) in [5.74, 6) is 7.70. The molecule has 0 saturated heterocycles. The molecule has 18 heavy (non-hydrogen) atoms. The van der Waals surface area contributed by atoms with Crippen molar-refractivity contribution in [2.24, 2.45) is 5.84 Å². The number of aromatic nitrogens is 2. The number of nitrogen functional groups attached to an aromatic ring is 1. The molecule has 0 spiro atoms. The molecule has 5 nitrogen and oxygen atoms in total. The first-order valence-electron chi connectivity index (χ1n) is 6.49. The third kappa shape index (κ3) is 4.14. The fourth-order valence-corrected chi connectivity index (χ4v) is 1.69. The highest BCUT2D eigenvalue weighted by Gasteiger charge is 2.19. The number of anilines is 2. The van der Waals surface area contributed by atoms with Crippen LogP contribution in [0.25, 0.3) is 0 Å². The molecule has 102 valence electrons. The average Bonchev–Trinajstić information content (AvgIpc) is 2.27. The number of hydrogen-bond acceptors (Lipinski definition) is 5. The summed E-state index contributed by atoms with van der Waals surface area (Å²) in [5, 5.41) is 3.38. The molecule has 4 N–H and O–H groups in total. The van der Waals surface area contributed by atoms with E-state index < -0.39 is 0 Å². The molecule has 0 amide bonds. The molecule has 0 aliphatic heterocycles. The lowest BCUT2D eigenvalue weighted by Crippen LogP contribution is -2.22. The van der Waals surface area contributed by atoms with E-state index in [0.29, 0.717) is 11.9 Å². The van der Waals surface area contributed by atoms with Crippen LogP contribution in [-0.4, -0.2) is 16.0 Å². The van der Waals surface area contributed by atoms with Crippen LogP contribution < -0.4 is 16.6 Å². The highest BCUT2D eigenvalue weighted by molar-refractivity contribution is 5.47. The molecule has 1 rings (SSSR count). The normalized spacial score (nSPS) is 13.2. The lowest BCUT2D eigenvalue weighted by atomic mass is 9.96. The molecule has 1 atom stereocenters. The minimum Gasteiger partial charge on any atom is -0.367 e. The van der Waals surface area contributed by atoms with E-state index >= 15 is 0 Å². The maximum atomic E-state index is 5.45. The molecule has 0 aliphatic rings. The Balaban J connectivity index is 2.97. The molecular formula is C13H25N5. The monoisotopic (exact) mass is 251 g/mol. The van der Waals surface area contributed by atoms with Gasteiger partial charge in [-0.2, -0.15) is 0 Å². The van der Waals surface area contributed by atoms with Crippen LogP contribution in [-0.2, 0) is 5.41 Å². The summed E-state index contributed by atoms with van der Waals surface area (Å²) in [7, 11) is 0. The summed E-state index contributed by atoms with van der Waals surface area (Å²) < 4.78 is 0. The molecule has 1 aromatic heterocycles. The van der Waals surface area contributed by atoms with Crippen molar-refractivity contribution in [2.45, 2.75) is 58.9 Å². The van der Waals surface area contributed by atoms with Gasteiger partial charge < -0.3 is 10.7 Å². The van der Waals surface area contributed by atoms with Crippen LogP contribution in [0.5, 0.6) is 0 Å². The van der Waals surface area contributed by atoms with Crippen molar-refractivity contribution in [1.29, 1.82) is 0 Å². The fraction of sp³-hybridized carbons (Fsp3) is 0.692. The van der Waals surface area contributed by atoms with E-state index in [4.69, 9.17) is 5.84 Å². The molecule has 0 fully saturated rings. The van der Waals surface area contributed by atoms with E-state index in [2.05, 4.69) is 55.3 Å². The third-order valence-electron chi connectivity index (χ3n) is 2.66. The number of rotatable bonds is 5. The second kappa shape index (κ2) is 6.00. The standard InChI is InChI=1S/C13H25N5/c1-6-7-9(2)15-10-8-11(18-14)17-12(16-10)13(3,4)5/h8-9H,6-7,14H2,1-5H3,(H2,15,16,17,18). The number of nitrogens with two attached hydrogens (primary N) is 1. The quantitative estimate of drug-likeness (QED) is 0.554.